The lowest BCUT2D eigenvalue weighted by atomic mass is 9.78. The van der Waals surface area contributed by atoms with Crippen molar-refractivity contribution in [1.82, 2.24) is 10.0 Å². The van der Waals surface area contributed by atoms with E-state index in [9.17, 15) is 24.0 Å². The van der Waals surface area contributed by atoms with Crippen LogP contribution in [0.15, 0.2) is 89.4 Å². The highest BCUT2D eigenvalue weighted by molar-refractivity contribution is 9.10. The van der Waals surface area contributed by atoms with Gasteiger partial charge in [-0.25, -0.2) is 9.80 Å². The molecular formula is C31H24BrClN2O6. The van der Waals surface area contributed by atoms with Crippen molar-refractivity contribution in [2.24, 2.45) is 17.8 Å². The van der Waals surface area contributed by atoms with Crippen LogP contribution in [-0.2, 0) is 9.59 Å². The summed E-state index contributed by atoms with van der Waals surface area (Å²) < 4.78 is 6.21. The molecule has 3 amide bonds. The van der Waals surface area contributed by atoms with Crippen LogP contribution in [0, 0.1) is 17.8 Å². The first kappa shape index (κ1) is 28.4. The molecule has 3 atom stereocenters. The molecule has 8 nitrogen and oxygen atoms in total. The Balaban J connectivity index is 1.38. The van der Waals surface area contributed by atoms with Crippen molar-refractivity contribution in [2.75, 3.05) is 6.54 Å². The van der Waals surface area contributed by atoms with Crippen LogP contribution in [0.2, 0.25) is 5.02 Å². The van der Waals surface area contributed by atoms with Gasteiger partial charge in [-0.3, -0.25) is 19.2 Å². The number of nitrogens with zero attached hydrogens (tertiary/aromatic N) is 2. The van der Waals surface area contributed by atoms with Gasteiger partial charge in [0.15, 0.2) is 5.78 Å². The molecule has 0 bridgehead atoms. The molecule has 41 heavy (non-hydrogen) atoms. The second kappa shape index (κ2) is 11.8. The molecule has 208 valence electrons. The first-order chi connectivity index (χ1) is 19.6. The molecule has 2 aliphatic rings. The van der Waals surface area contributed by atoms with E-state index >= 15 is 0 Å². The Morgan fingerprint density at radius 3 is 2.15 bits per heavy atom. The second-order valence-corrected chi connectivity index (χ2v) is 11.2. The van der Waals surface area contributed by atoms with E-state index in [1.165, 1.54) is 48.5 Å². The molecule has 1 aliphatic carbocycles. The molecule has 0 N–H and O–H groups in total. The summed E-state index contributed by atoms with van der Waals surface area (Å²) in [5.41, 5.74) is 0.725. The Kier molecular flexibility index (Phi) is 8.19. The predicted octanol–water partition coefficient (Wildman–Crippen LogP) is 5.76. The molecule has 1 fully saturated rings. The minimum atomic E-state index is -0.684. The van der Waals surface area contributed by atoms with Crippen molar-refractivity contribution in [1.29, 1.82) is 0 Å². The molecule has 10 heteroatoms. The minimum absolute atomic E-state index is 0.166. The highest BCUT2D eigenvalue weighted by atomic mass is 79.9. The number of carbonyl (C=O) groups excluding carboxylic acids is 5. The maximum absolute atomic E-state index is 13.6. The maximum Gasteiger partial charge on any atom is 0.343 e. The molecule has 1 saturated heterocycles. The first-order valence-corrected chi connectivity index (χ1v) is 14.0. The van der Waals surface area contributed by atoms with Crippen molar-refractivity contribution in [2.45, 2.75) is 13.3 Å². The number of ether oxygens (including phenoxy) is 1. The third-order valence-electron chi connectivity index (χ3n) is 7.18. The molecular weight excluding hydrogens is 612 g/mol. The van der Waals surface area contributed by atoms with Crippen molar-refractivity contribution < 1.29 is 28.7 Å². The standard InChI is InChI=1S/C31H24BrClN2O6/c1-18-3-2-4-25-27(18)30(39)35(29(25)38)34(28(37)20-7-13-23(33)14-8-20)17-26(36)19-9-15-24(16-10-19)41-31(40)21-5-11-22(32)12-6-21/h2-3,5-16,18,25,27H,4,17H2,1H3/t18-,25-,27+/m1/s1. The minimum Gasteiger partial charge on any atom is -0.423 e. The fraction of sp³-hybridized carbons (Fsp3) is 0.194. The second-order valence-electron chi connectivity index (χ2n) is 9.86. The van der Waals surface area contributed by atoms with Crippen LogP contribution in [-0.4, -0.2) is 46.0 Å². The highest BCUT2D eigenvalue weighted by Gasteiger charge is 2.53. The number of imide groups is 1. The smallest absolute Gasteiger partial charge is 0.343 e. The topological polar surface area (TPSA) is 101 Å². The summed E-state index contributed by atoms with van der Waals surface area (Å²) in [4.78, 5) is 66.4. The zero-order valence-corrected chi connectivity index (χ0v) is 24.2. The number of Topliss-reactive ketones (excluding diaryl/α,β-unsaturated/α-hetero) is 1. The first-order valence-electron chi connectivity index (χ1n) is 12.9. The number of carbonyl (C=O) groups is 5. The van der Waals surface area contributed by atoms with Gasteiger partial charge in [0.2, 0.25) is 0 Å². The molecule has 0 radical (unpaired) electrons. The van der Waals surface area contributed by atoms with E-state index in [0.29, 0.717) is 17.0 Å². The molecule has 3 aromatic rings. The number of ketones is 1. The van der Waals surface area contributed by atoms with Crippen LogP contribution in [0.25, 0.3) is 0 Å². The van der Waals surface area contributed by atoms with E-state index in [4.69, 9.17) is 16.3 Å². The van der Waals surface area contributed by atoms with Gasteiger partial charge in [-0.05, 0) is 85.1 Å². The van der Waals surface area contributed by atoms with Gasteiger partial charge in [0.05, 0.1) is 17.4 Å². The van der Waals surface area contributed by atoms with E-state index in [2.05, 4.69) is 15.9 Å². The van der Waals surface area contributed by atoms with E-state index in [-0.39, 0.29) is 22.8 Å². The lowest BCUT2D eigenvalue weighted by molar-refractivity contribution is -0.154. The molecule has 5 rings (SSSR count). The molecule has 1 heterocycles. The molecule has 0 aromatic heterocycles. The van der Waals surface area contributed by atoms with E-state index in [1.807, 2.05) is 19.1 Å². The van der Waals surface area contributed by atoms with Gasteiger partial charge in [0.25, 0.3) is 17.7 Å². The Morgan fingerprint density at radius 1 is 0.902 bits per heavy atom. The normalized spacial score (nSPS) is 19.6. The largest absolute Gasteiger partial charge is 0.423 e. The summed E-state index contributed by atoms with van der Waals surface area (Å²) in [6, 6.07) is 18.5. The van der Waals surface area contributed by atoms with Gasteiger partial charge in [0, 0.05) is 20.6 Å². The van der Waals surface area contributed by atoms with E-state index in [0.717, 1.165) is 14.5 Å². The van der Waals surface area contributed by atoms with Crippen molar-refractivity contribution >= 4 is 57.0 Å². The third kappa shape index (κ3) is 5.87. The Hall–Kier alpha value is -4.08. The number of benzene rings is 3. The van der Waals surface area contributed by atoms with Crippen LogP contribution in [0.5, 0.6) is 5.75 Å². The third-order valence-corrected chi connectivity index (χ3v) is 7.96. The van der Waals surface area contributed by atoms with Crippen molar-refractivity contribution in [3.05, 3.63) is 111 Å². The van der Waals surface area contributed by atoms with Crippen LogP contribution < -0.4 is 4.74 Å². The summed E-state index contributed by atoms with van der Waals surface area (Å²) in [6.07, 6.45) is 4.13. The number of rotatable bonds is 7. The zero-order chi connectivity index (χ0) is 29.3. The summed E-state index contributed by atoms with van der Waals surface area (Å²) in [7, 11) is 0. The predicted molar refractivity (Wildman–Crippen MR) is 154 cm³/mol. The Bertz CT molecular complexity index is 1550. The van der Waals surface area contributed by atoms with Crippen LogP contribution in [0.4, 0.5) is 0 Å². The molecule has 0 unspecified atom stereocenters. The quantitative estimate of drug-likeness (QED) is 0.108. The maximum atomic E-state index is 13.6. The number of amides is 3. The zero-order valence-electron chi connectivity index (χ0n) is 21.8. The summed E-state index contributed by atoms with van der Waals surface area (Å²) >= 11 is 9.29. The van der Waals surface area contributed by atoms with Crippen molar-refractivity contribution in [3.63, 3.8) is 0 Å². The van der Waals surface area contributed by atoms with Gasteiger partial charge in [-0.1, -0.05) is 46.6 Å². The number of fused-ring (bicyclic) bond motifs is 1. The molecule has 1 aliphatic heterocycles. The summed E-state index contributed by atoms with van der Waals surface area (Å²) in [5.74, 6) is -3.96. The Morgan fingerprint density at radius 2 is 1.51 bits per heavy atom. The molecule has 0 saturated carbocycles. The number of allylic oxidation sites excluding steroid dienone is 2. The summed E-state index contributed by atoms with van der Waals surface area (Å²) in [6.45, 7) is 1.29. The van der Waals surface area contributed by atoms with Gasteiger partial charge in [-0.2, -0.15) is 5.01 Å². The fourth-order valence-corrected chi connectivity index (χ4v) is 5.42. The summed E-state index contributed by atoms with van der Waals surface area (Å²) in [5, 5.41) is 2.16. The van der Waals surface area contributed by atoms with Gasteiger partial charge in [-0.15, -0.1) is 0 Å². The average molecular weight is 636 g/mol. The Labute approximate surface area is 249 Å². The monoisotopic (exact) mass is 634 g/mol. The lowest BCUT2D eigenvalue weighted by Gasteiger charge is -2.30. The SMILES string of the molecule is C[C@@H]1C=CC[C@H]2C(=O)N(N(CC(=O)c3ccc(OC(=O)c4ccc(Br)cc4)cc3)C(=O)c3ccc(Cl)cc3)C(=O)[C@@H]12. The van der Waals surface area contributed by atoms with Gasteiger partial charge in [0.1, 0.15) is 12.3 Å². The molecule has 3 aromatic carbocycles. The number of hydrazine groups is 1. The number of esters is 1. The average Bonchev–Trinajstić information content (AvgIpc) is 3.22. The van der Waals surface area contributed by atoms with Crippen LogP contribution >= 0.6 is 27.5 Å². The van der Waals surface area contributed by atoms with Gasteiger partial charge < -0.3 is 4.74 Å². The van der Waals surface area contributed by atoms with Crippen LogP contribution in [0.3, 0.4) is 0 Å². The van der Waals surface area contributed by atoms with Gasteiger partial charge >= 0.3 is 5.97 Å². The van der Waals surface area contributed by atoms with E-state index < -0.39 is 47.9 Å². The number of halogens is 2. The van der Waals surface area contributed by atoms with E-state index in [1.54, 1.807) is 24.3 Å². The fourth-order valence-electron chi connectivity index (χ4n) is 5.03. The lowest BCUT2D eigenvalue weighted by Crippen LogP contribution is -2.52. The molecule has 0 spiro atoms. The highest BCUT2D eigenvalue weighted by Crippen LogP contribution is 2.39. The number of hydrogen-bond donors (Lipinski definition) is 0. The number of hydrogen-bond acceptors (Lipinski definition) is 6. The van der Waals surface area contributed by atoms with Crippen molar-refractivity contribution in [3.8, 4) is 5.75 Å². The van der Waals surface area contributed by atoms with Crippen LogP contribution in [0.1, 0.15) is 44.4 Å².